The van der Waals surface area contributed by atoms with Crippen molar-refractivity contribution in [1.82, 2.24) is 9.80 Å². The number of carbonyl (C=O) groups is 2. The second kappa shape index (κ2) is 7.74. The zero-order chi connectivity index (χ0) is 22.7. The van der Waals surface area contributed by atoms with Gasteiger partial charge in [-0.25, -0.2) is 0 Å². The van der Waals surface area contributed by atoms with E-state index in [1.54, 1.807) is 0 Å². The highest BCUT2D eigenvalue weighted by atomic mass is 35.5. The highest BCUT2D eigenvalue weighted by Gasteiger charge is 2.65. The molecule has 6 rings (SSSR count). The van der Waals surface area contributed by atoms with Crippen LogP contribution in [-0.4, -0.2) is 60.4 Å². The summed E-state index contributed by atoms with van der Waals surface area (Å²) in [4.78, 5) is 34.2. The van der Waals surface area contributed by atoms with Crippen LogP contribution in [0, 0.1) is 12.8 Å². The summed E-state index contributed by atoms with van der Waals surface area (Å²) < 4.78 is 0. The van der Waals surface area contributed by atoms with Crippen LogP contribution in [0.2, 0.25) is 5.02 Å². The molecule has 4 heterocycles. The molecule has 1 spiro atoms. The van der Waals surface area contributed by atoms with E-state index in [9.17, 15) is 9.59 Å². The lowest BCUT2D eigenvalue weighted by Crippen LogP contribution is -2.57. The predicted octanol–water partition coefficient (Wildman–Crippen LogP) is 3.63. The third-order valence-electron chi connectivity index (χ3n) is 8.18. The molecule has 6 nitrogen and oxygen atoms in total. The molecule has 0 aromatic heterocycles. The highest BCUT2D eigenvalue weighted by Crippen LogP contribution is 2.55. The molecule has 0 radical (unpaired) electrons. The number of nitrogens with zero attached hydrogens (tertiary/aromatic N) is 3. The molecule has 172 valence electrons. The zero-order valence-corrected chi connectivity index (χ0v) is 19.6. The second-order valence-electron chi connectivity index (χ2n) is 9.79. The fourth-order valence-corrected chi connectivity index (χ4v) is 6.84. The Hall–Kier alpha value is -2.57. The molecule has 2 amide bonds. The summed E-state index contributed by atoms with van der Waals surface area (Å²) in [5.41, 5.74) is 3.29. The monoisotopic (exact) mass is 464 g/mol. The lowest BCUT2D eigenvalue weighted by atomic mass is 9.78. The number of halogens is 1. The fraction of sp³-hybridized carbons (Fsp3) is 0.462. The minimum absolute atomic E-state index is 0.0281. The number of fused-ring (bicyclic) bond motifs is 4. The van der Waals surface area contributed by atoms with Crippen LogP contribution in [0.25, 0.3) is 0 Å². The average molecular weight is 465 g/mol. The van der Waals surface area contributed by atoms with E-state index in [1.807, 2.05) is 47.4 Å². The van der Waals surface area contributed by atoms with Crippen molar-refractivity contribution < 1.29 is 9.59 Å². The largest absolute Gasteiger partial charge is 0.368 e. The Balaban J connectivity index is 1.28. The van der Waals surface area contributed by atoms with E-state index >= 15 is 0 Å². The molecule has 2 aromatic rings. The Labute approximate surface area is 199 Å². The van der Waals surface area contributed by atoms with Gasteiger partial charge in [0.05, 0.1) is 5.92 Å². The van der Waals surface area contributed by atoms with Crippen molar-refractivity contribution in [3.8, 4) is 0 Å². The van der Waals surface area contributed by atoms with Gasteiger partial charge in [0.15, 0.2) is 0 Å². The van der Waals surface area contributed by atoms with Gasteiger partial charge in [-0.05, 0) is 56.5 Å². The number of amides is 2. The van der Waals surface area contributed by atoms with Gasteiger partial charge in [-0.3, -0.25) is 14.5 Å². The van der Waals surface area contributed by atoms with Gasteiger partial charge < -0.3 is 15.1 Å². The van der Waals surface area contributed by atoms with E-state index < -0.39 is 5.54 Å². The lowest BCUT2D eigenvalue weighted by Gasteiger charge is -2.41. The summed E-state index contributed by atoms with van der Waals surface area (Å²) in [5, 5.41) is 3.83. The lowest BCUT2D eigenvalue weighted by molar-refractivity contribution is -0.144. The molecule has 1 N–H and O–H groups in total. The van der Waals surface area contributed by atoms with Crippen LogP contribution >= 0.6 is 11.6 Å². The van der Waals surface area contributed by atoms with Gasteiger partial charge in [0, 0.05) is 54.2 Å². The fourth-order valence-electron chi connectivity index (χ4n) is 6.67. The van der Waals surface area contributed by atoms with E-state index in [0.717, 1.165) is 60.9 Å². The van der Waals surface area contributed by atoms with Crippen LogP contribution in [0.15, 0.2) is 42.5 Å². The number of carbonyl (C=O) groups excluding carboxylic acids is 2. The minimum atomic E-state index is -0.866. The van der Waals surface area contributed by atoms with Crippen LogP contribution in [0.1, 0.15) is 30.4 Å². The Morgan fingerprint density at radius 2 is 1.88 bits per heavy atom. The topological polar surface area (TPSA) is 55.9 Å². The molecular formula is C26H29ClN4O2. The highest BCUT2D eigenvalue weighted by molar-refractivity contribution is 6.30. The molecule has 3 fully saturated rings. The normalized spacial score (nSPS) is 28.8. The van der Waals surface area contributed by atoms with Crippen LogP contribution in [0.5, 0.6) is 0 Å². The van der Waals surface area contributed by atoms with Gasteiger partial charge in [0.25, 0.3) is 0 Å². The molecular weight excluding hydrogens is 436 g/mol. The molecule has 2 aromatic carbocycles. The number of piperazine rings is 1. The molecule has 0 aliphatic carbocycles. The van der Waals surface area contributed by atoms with Crippen molar-refractivity contribution >= 4 is 34.8 Å². The second-order valence-corrected chi connectivity index (χ2v) is 10.2. The average Bonchev–Trinajstić information content (AvgIpc) is 3.49. The van der Waals surface area contributed by atoms with E-state index in [1.165, 1.54) is 5.56 Å². The summed E-state index contributed by atoms with van der Waals surface area (Å²) in [5.74, 6) is -0.246. The number of rotatable bonds is 2. The molecule has 7 heteroatoms. The first-order valence-corrected chi connectivity index (χ1v) is 12.4. The van der Waals surface area contributed by atoms with Gasteiger partial charge in [-0.1, -0.05) is 35.9 Å². The summed E-state index contributed by atoms with van der Waals surface area (Å²) in [6, 6.07) is 14.2. The molecule has 4 aliphatic rings. The quantitative estimate of drug-likeness (QED) is 0.737. The van der Waals surface area contributed by atoms with Crippen LogP contribution in [0.3, 0.4) is 0 Å². The minimum Gasteiger partial charge on any atom is -0.368 e. The predicted molar refractivity (Wildman–Crippen MR) is 130 cm³/mol. The SMILES string of the molecule is Cc1ccc(Cl)cc1N1CCN(C(=O)C2CC3CCCN3C23C(=O)Nc2ccccc23)CC1. The molecule has 4 aliphatic heterocycles. The number of benzene rings is 2. The Morgan fingerprint density at radius 1 is 1.09 bits per heavy atom. The van der Waals surface area contributed by atoms with Gasteiger partial charge in [-0.15, -0.1) is 0 Å². The standard InChI is InChI=1S/C26H29ClN4O2/c1-17-8-9-18(27)15-23(17)29-11-13-30(14-12-29)24(32)21-16-19-5-4-10-31(19)26(21)20-6-2-3-7-22(20)28-25(26)33/h2-3,6-9,15,19,21H,4-5,10-14,16H2,1H3,(H,28,33). The maximum atomic E-state index is 14.0. The maximum absolute atomic E-state index is 14.0. The van der Waals surface area contributed by atoms with E-state index in [0.29, 0.717) is 19.1 Å². The molecule has 33 heavy (non-hydrogen) atoms. The zero-order valence-electron chi connectivity index (χ0n) is 18.9. The molecule has 3 unspecified atom stereocenters. The van der Waals surface area contributed by atoms with Gasteiger partial charge in [0.1, 0.15) is 5.54 Å². The first kappa shape index (κ1) is 21.0. The Bertz CT molecular complexity index is 1130. The summed E-state index contributed by atoms with van der Waals surface area (Å²) in [7, 11) is 0. The molecule has 0 bridgehead atoms. The first-order chi connectivity index (χ1) is 16.0. The number of anilines is 2. The van der Waals surface area contributed by atoms with Crippen LogP contribution < -0.4 is 10.2 Å². The number of para-hydroxylation sites is 1. The number of hydrogen-bond acceptors (Lipinski definition) is 4. The Morgan fingerprint density at radius 3 is 2.70 bits per heavy atom. The summed E-state index contributed by atoms with van der Waals surface area (Å²) in [6.45, 7) is 5.81. The third kappa shape index (κ3) is 3.03. The summed E-state index contributed by atoms with van der Waals surface area (Å²) in [6.07, 6.45) is 2.90. The van der Waals surface area contributed by atoms with Crippen molar-refractivity contribution in [2.45, 2.75) is 37.8 Å². The smallest absolute Gasteiger partial charge is 0.250 e. The first-order valence-electron chi connectivity index (χ1n) is 12.0. The van der Waals surface area contributed by atoms with Gasteiger partial charge in [0.2, 0.25) is 11.8 Å². The molecule has 3 atom stereocenters. The van der Waals surface area contributed by atoms with Crippen molar-refractivity contribution in [3.05, 3.63) is 58.6 Å². The number of nitrogens with one attached hydrogen (secondary N) is 1. The van der Waals surface area contributed by atoms with E-state index in [-0.39, 0.29) is 17.7 Å². The van der Waals surface area contributed by atoms with Crippen molar-refractivity contribution in [3.63, 3.8) is 0 Å². The number of aryl methyl sites for hydroxylation is 1. The van der Waals surface area contributed by atoms with Crippen LogP contribution in [-0.2, 0) is 15.1 Å². The van der Waals surface area contributed by atoms with Crippen LogP contribution in [0.4, 0.5) is 11.4 Å². The third-order valence-corrected chi connectivity index (χ3v) is 8.41. The van der Waals surface area contributed by atoms with Crippen molar-refractivity contribution in [2.75, 3.05) is 42.9 Å². The molecule has 3 saturated heterocycles. The van der Waals surface area contributed by atoms with Gasteiger partial charge in [-0.2, -0.15) is 0 Å². The molecule has 0 saturated carbocycles. The Kier molecular flexibility index (Phi) is 4.93. The number of hydrogen-bond donors (Lipinski definition) is 1. The van der Waals surface area contributed by atoms with E-state index in [2.05, 4.69) is 22.0 Å². The van der Waals surface area contributed by atoms with Crippen molar-refractivity contribution in [1.29, 1.82) is 0 Å². The van der Waals surface area contributed by atoms with Gasteiger partial charge >= 0.3 is 0 Å². The maximum Gasteiger partial charge on any atom is 0.250 e. The van der Waals surface area contributed by atoms with E-state index in [4.69, 9.17) is 11.6 Å². The van der Waals surface area contributed by atoms with Crippen molar-refractivity contribution in [2.24, 2.45) is 5.92 Å². The summed E-state index contributed by atoms with van der Waals surface area (Å²) >= 11 is 6.24.